The van der Waals surface area contributed by atoms with Gasteiger partial charge in [0, 0.05) is 16.9 Å². The van der Waals surface area contributed by atoms with Crippen molar-refractivity contribution in [2.45, 2.75) is 6.54 Å². The third-order valence-corrected chi connectivity index (χ3v) is 4.10. The van der Waals surface area contributed by atoms with E-state index in [0.29, 0.717) is 28.4 Å². The van der Waals surface area contributed by atoms with Crippen LogP contribution in [0, 0.1) is 0 Å². The lowest BCUT2D eigenvalue weighted by molar-refractivity contribution is 0.0600. The van der Waals surface area contributed by atoms with Crippen molar-refractivity contribution in [1.29, 1.82) is 0 Å². The molecule has 7 heteroatoms. The fourth-order valence-electron chi connectivity index (χ4n) is 2.41. The number of rotatable bonds is 5. The van der Waals surface area contributed by atoms with E-state index in [1.165, 1.54) is 13.3 Å². The van der Waals surface area contributed by atoms with Crippen molar-refractivity contribution in [3.05, 3.63) is 82.6 Å². The van der Waals surface area contributed by atoms with Crippen molar-refractivity contribution in [3.63, 3.8) is 0 Å². The summed E-state index contributed by atoms with van der Waals surface area (Å²) in [6.45, 7) is 0.463. The Morgan fingerprint density at radius 1 is 1.15 bits per heavy atom. The number of carbonyl (C=O) groups excluding carboxylic acids is 2. The van der Waals surface area contributed by atoms with E-state index in [1.54, 1.807) is 35.1 Å². The van der Waals surface area contributed by atoms with Crippen molar-refractivity contribution < 1.29 is 14.3 Å². The molecule has 0 radical (unpaired) electrons. The number of ether oxygens (including phenoxy) is 1. The first-order chi connectivity index (χ1) is 12.6. The predicted octanol–water partition coefficient (Wildman–Crippen LogP) is 3.62. The molecule has 26 heavy (non-hydrogen) atoms. The number of halogens is 1. The number of aromatic nitrogens is 2. The number of hydrogen-bond donors (Lipinski definition) is 1. The van der Waals surface area contributed by atoms with Crippen molar-refractivity contribution in [2.75, 3.05) is 12.4 Å². The first-order valence-corrected chi connectivity index (χ1v) is 8.20. The van der Waals surface area contributed by atoms with Crippen LogP contribution >= 0.6 is 11.6 Å². The van der Waals surface area contributed by atoms with Gasteiger partial charge < -0.3 is 10.1 Å². The number of anilines is 1. The van der Waals surface area contributed by atoms with Crippen LogP contribution in [-0.2, 0) is 11.3 Å². The molecule has 3 rings (SSSR count). The van der Waals surface area contributed by atoms with Gasteiger partial charge in [-0.2, -0.15) is 5.10 Å². The molecule has 3 aromatic rings. The Morgan fingerprint density at radius 3 is 2.73 bits per heavy atom. The summed E-state index contributed by atoms with van der Waals surface area (Å²) in [7, 11) is 1.31. The lowest BCUT2D eigenvalue weighted by Crippen LogP contribution is -2.12. The SMILES string of the molecule is COC(=O)c1cccc(NC(=O)c2cnn(Cc3ccccc3Cl)c2)c1. The van der Waals surface area contributed by atoms with Crippen LogP contribution in [0.3, 0.4) is 0 Å². The fraction of sp³-hybridized carbons (Fsp3) is 0.105. The number of benzene rings is 2. The van der Waals surface area contributed by atoms with E-state index in [4.69, 9.17) is 11.6 Å². The summed E-state index contributed by atoms with van der Waals surface area (Å²) in [5.74, 6) is -0.786. The third kappa shape index (κ3) is 4.10. The zero-order valence-electron chi connectivity index (χ0n) is 14.0. The van der Waals surface area contributed by atoms with Gasteiger partial charge in [0.1, 0.15) is 0 Å². The van der Waals surface area contributed by atoms with Crippen molar-refractivity contribution in [3.8, 4) is 0 Å². The van der Waals surface area contributed by atoms with E-state index >= 15 is 0 Å². The Labute approximate surface area is 155 Å². The van der Waals surface area contributed by atoms with E-state index in [2.05, 4.69) is 15.2 Å². The lowest BCUT2D eigenvalue weighted by atomic mass is 10.2. The summed E-state index contributed by atoms with van der Waals surface area (Å²) in [5.41, 5.74) is 2.17. The molecule has 6 nitrogen and oxygen atoms in total. The summed E-state index contributed by atoms with van der Waals surface area (Å²) >= 11 is 6.14. The molecular formula is C19H16ClN3O3. The average molecular weight is 370 g/mol. The summed E-state index contributed by atoms with van der Waals surface area (Å²) in [6.07, 6.45) is 3.12. The quantitative estimate of drug-likeness (QED) is 0.697. The van der Waals surface area contributed by atoms with Gasteiger partial charge in [-0.15, -0.1) is 0 Å². The normalized spacial score (nSPS) is 10.4. The van der Waals surface area contributed by atoms with E-state index in [0.717, 1.165) is 5.56 Å². The van der Waals surface area contributed by atoms with Crippen molar-refractivity contribution in [2.24, 2.45) is 0 Å². The topological polar surface area (TPSA) is 73.2 Å². The highest BCUT2D eigenvalue weighted by atomic mass is 35.5. The van der Waals surface area contributed by atoms with Crippen LogP contribution in [0.15, 0.2) is 60.9 Å². The van der Waals surface area contributed by atoms with Gasteiger partial charge in [-0.05, 0) is 29.8 Å². The Bertz CT molecular complexity index is 952. The van der Waals surface area contributed by atoms with Crippen LogP contribution in [0.5, 0.6) is 0 Å². The Morgan fingerprint density at radius 2 is 1.96 bits per heavy atom. The minimum Gasteiger partial charge on any atom is -0.465 e. The minimum atomic E-state index is -0.464. The highest BCUT2D eigenvalue weighted by molar-refractivity contribution is 6.31. The summed E-state index contributed by atoms with van der Waals surface area (Å²) in [5, 5.41) is 7.58. The molecule has 1 N–H and O–H groups in total. The number of carbonyl (C=O) groups is 2. The van der Waals surface area contributed by atoms with Crippen LogP contribution in [0.1, 0.15) is 26.3 Å². The van der Waals surface area contributed by atoms with Gasteiger partial charge in [0.2, 0.25) is 0 Å². The van der Waals surface area contributed by atoms with Gasteiger partial charge in [-0.3, -0.25) is 9.48 Å². The molecule has 2 aromatic carbocycles. The van der Waals surface area contributed by atoms with Crippen LogP contribution in [0.2, 0.25) is 5.02 Å². The zero-order valence-corrected chi connectivity index (χ0v) is 14.7. The molecule has 0 fully saturated rings. The third-order valence-electron chi connectivity index (χ3n) is 3.73. The summed E-state index contributed by atoms with van der Waals surface area (Å²) in [4.78, 5) is 24.0. The number of amides is 1. The number of nitrogens with zero attached hydrogens (tertiary/aromatic N) is 2. The smallest absolute Gasteiger partial charge is 0.337 e. The van der Waals surface area contributed by atoms with Gasteiger partial charge in [0.15, 0.2) is 0 Å². The van der Waals surface area contributed by atoms with E-state index in [1.807, 2.05) is 24.3 Å². The van der Waals surface area contributed by atoms with Crippen LogP contribution in [0.4, 0.5) is 5.69 Å². The molecule has 0 aliphatic carbocycles. The molecule has 1 heterocycles. The molecule has 0 unspecified atom stereocenters. The number of nitrogens with one attached hydrogen (secondary N) is 1. The van der Waals surface area contributed by atoms with Gasteiger partial charge >= 0.3 is 5.97 Å². The van der Waals surface area contributed by atoms with E-state index in [-0.39, 0.29) is 5.91 Å². The molecule has 0 saturated heterocycles. The largest absolute Gasteiger partial charge is 0.465 e. The number of esters is 1. The molecule has 132 valence electrons. The fourth-order valence-corrected chi connectivity index (χ4v) is 2.61. The molecule has 0 atom stereocenters. The van der Waals surface area contributed by atoms with Gasteiger partial charge in [-0.1, -0.05) is 35.9 Å². The molecule has 0 bridgehead atoms. The zero-order chi connectivity index (χ0) is 18.5. The van der Waals surface area contributed by atoms with Gasteiger partial charge in [0.05, 0.1) is 31.0 Å². The maximum absolute atomic E-state index is 12.4. The monoisotopic (exact) mass is 369 g/mol. The highest BCUT2D eigenvalue weighted by Gasteiger charge is 2.12. The van der Waals surface area contributed by atoms with Crippen molar-refractivity contribution >= 4 is 29.2 Å². The Kier molecular flexibility index (Phi) is 5.34. The van der Waals surface area contributed by atoms with Crippen molar-refractivity contribution in [1.82, 2.24) is 9.78 Å². The maximum atomic E-state index is 12.4. The average Bonchev–Trinajstić information content (AvgIpc) is 3.12. The van der Waals surface area contributed by atoms with E-state index in [9.17, 15) is 9.59 Å². The molecule has 0 aliphatic heterocycles. The number of hydrogen-bond acceptors (Lipinski definition) is 4. The minimum absolute atomic E-state index is 0.322. The second kappa shape index (κ2) is 7.84. The second-order valence-electron chi connectivity index (χ2n) is 5.54. The lowest BCUT2D eigenvalue weighted by Gasteiger charge is -2.06. The molecule has 0 saturated carbocycles. The molecule has 1 amide bonds. The summed E-state index contributed by atoms with van der Waals surface area (Å²) < 4.78 is 6.31. The molecule has 0 spiro atoms. The standard InChI is InChI=1S/C19H16ClN3O3/c1-26-19(25)13-6-4-7-16(9-13)22-18(24)15-10-21-23(12-15)11-14-5-2-3-8-17(14)20/h2-10,12H,11H2,1H3,(H,22,24). The van der Waals surface area contributed by atoms with Gasteiger partial charge in [0.25, 0.3) is 5.91 Å². The highest BCUT2D eigenvalue weighted by Crippen LogP contribution is 2.17. The van der Waals surface area contributed by atoms with E-state index < -0.39 is 5.97 Å². The van der Waals surface area contributed by atoms with Gasteiger partial charge in [-0.25, -0.2) is 4.79 Å². The van der Waals surface area contributed by atoms with Crippen LogP contribution in [-0.4, -0.2) is 28.8 Å². The first-order valence-electron chi connectivity index (χ1n) is 7.82. The first kappa shape index (κ1) is 17.7. The Balaban J connectivity index is 1.71. The van der Waals surface area contributed by atoms with Crippen LogP contribution < -0.4 is 5.32 Å². The second-order valence-corrected chi connectivity index (χ2v) is 5.95. The Hall–Kier alpha value is -3.12. The summed E-state index contributed by atoms with van der Waals surface area (Å²) in [6, 6.07) is 14.0. The maximum Gasteiger partial charge on any atom is 0.337 e. The molecule has 1 aromatic heterocycles. The molecular weight excluding hydrogens is 354 g/mol. The number of methoxy groups -OCH3 is 1. The van der Waals surface area contributed by atoms with Crippen LogP contribution in [0.25, 0.3) is 0 Å². The predicted molar refractivity (Wildman–Crippen MR) is 98.5 cm³/mol. The molecule has 0 aliphatic rings.